The molecule has 5 rings (SSSR count). The lowest BCUT2D eigenvalue weighted by atomic mass is 9.88. The van der Waals surface area contributed by atoms with Gasteiger partial charge >= 0.3 is 0 Å². The minimum Gasteiger partial charge on any atom is -0.464 e. The van der Waals surface area contributed by atoms with Gasteiger partial charge in [-0.3, -0.25) is 4.79 Å². The Morgan fingerprint density at radius 1 is 1.21 bits per heavy atom. The second-order valence-electron chi connectivity index (χ2n) is 7.39. The molecule has 5 nitrogen and oxygen atoms in total. The van der Waals surface area contributed by atoms with E-state index in [1.807, 2.05) is 49.3 Å². The maximum absolute atomic E-state index is 13.3. The quantitative estimate of drug-likeness (QED) is 0.511. The molecule has 0 radical (unpaired) electrons. The number of hydrogen-bond acceptors (Lipinski definition) is 3. The number of furan rings is 1. The summed E-state index contributed by atoms with van der Waals surface area (Å²) in [7, 11) is 2.02. The maximum Gasteiger partial charge on any atom is 0.274 e. The number of nitrogens with zero attached hydrogens (tertiary/aromatic N) is 3. The van der Waals surface area contributed by atoms with Crippen LogP contribution in [0.3, 0.4) is 0 Å². The second kappa shape index (κ2) is 6.41. The van der Waals surface area contributed by atoms with Gasteiger partial charge in [0.2, 0.25) is 0 Å². The van der Waals surface area contributed by atoms with Crippen LogP contribution in [0.1, 0.15) is 34.6 Å². The van der Waals surface area contributed by atoms with Gasteiger partial charge in [0, 0.05) is 18.3 Å². The van der Waals surface area contributed by atoms with E-state index in [9.17, 15) is 4.79 Å². The van der Waals surface area contributed by atoms with E-state index < -0.39 is 0 Å². The van der Waals surface area contributed by atoms with Crippen molar-refractivity contribution >= 4 is 24.7 Å². The fraction of sp³-hybridized carbons (Fsp3) is 0.182. The van der Waals surface area contributed by atoms with Crippen LogP contribution in [0.15, 0.2) is 65.4 Å². The van der Waals surface area contributed by atoms with Crippen molar-refractivity contribution < 1.29 is 9.21 Å². The minimum absolute atomic E-state index is 0.0336. The highest BCUT2D eigenvalue weighted by Crippen LogP contribution is 2.38. The van der Waals surface area contributed by atoms with Crippen molar-refractivity contribution in [1.29, 1.82) is 0 Å². The summed E-state index contributed by atoms with van der Waals surface area (Å²) in [5.41, 5.74) is 6.01. The van der Waals surface area contributed by atoms with E-state index in [4.69, 9.17) is 4.42 Å². The van der Waals surface area contributed by atoms with Gasteiger partial charge in [0.25, 0.3) is 5.91 Å². The van der Waals surface area contributed by atoms with Crippen LogP contribution in [0.5, 0.6) is 0 Å². The molecule has 138 valence electrons. The molecule has 0 saturated carbocycles. The molecule has 3 aromatic heterocycles. The van der Waals surface area contributed by atoms with E-state index in [0.29, 0.717) is 12.2 Å². The maximum atomic E-state index is 13.3. The van der Waals surface area contributed by atoms with Gasteiger partial charge < -0.3 is 9.32 Å². The number of carbonyl (C=O) groups excluding carboxylic acids is 1. The van der Waals surface area contributed by atoms with Crippen molar-refractivity contribution in [3.8, 4) is 11.3 Å². The van der Waals surface area contributed by atoms with E-state index in [1.165, 1.54) is 5.56 Å². The van der Waals surface area contributed by atoms with Crippen molar-refractivity contribution in [2.75, 3.05) is 6.54 Å². The Kier molecular flexibility index (Phi) is 3.86. The molecule has 1 aromatic carbocycles. The molecular weight excluding hydrogens is 349 g/mol. The molecule has 0 bridgehead atoms. The smallest absolute Gasteiger partial charge is 0.274 e. The molecule has 4 heterocycles. The number of pyridine rings is 1. The summed E-state index contributed by atoms with van der Waals surface area (Å²) in [6.45, 7) is 2.77. The summed E-state index contributed by atoms with van der Waals surface area (Å²) in [6, 6.07) is 16.0. The second-order valence-corrected chi connectivity index (χ2v) is 7.39. The number of benzene rings is 1. The van der Waals surface area contributed by atoms with E-state index >= 15 is 0 Å². The van der Waals surface area contributed by atoms with E-state index in [-0.39, 0.29) is 11.9 Å². The lowest BCUT2D eigenvalue weighted by Gasteiger charge is -2.36. The zero-order valence-electron chi connectivity index (χ0n) is 15.9. The Balaban J connectivity index is 1.53. The van der Waals surface area contributed by atoms with Gasteiger partial charge in [-0.05, 0) is 48.7 Å². The molecule has 0 aliphatic carbocycles. The van der Waals surface area contributed by atoms with Gasteiger partial charge in [0.1, 0.15) is 13.6 Å². The topological polar surface area (TPSA) is 50.8 Å². The molecule has 0 fully saturated rings. The van der Waals surface area contributed by atoms with Crippen molar-refractivity contribution in [1.82, 2.24) is 14.5 Å². The van der Waals surface area contributed by atoms with Crippen LogP contribution in [0.2, 0.25) is 0 Å². The molecule has 0 spiro atoms. The van der Waals surface area contributed by atoms with Gasteiger partial charge in [0.15, 0.2) is 5.69 Å². The Bertz CT molecular complexity index is 1180. The number of aromatic nitrogens is 2. The molecule has 1 amide bonds. The van der Waals surface area contributed by atoms with Crippen LogP contribution in [-0.4, -0.2) is 34.8 Å². The fourth-order valence-corrected chi connectivity index (χ4v) is 4.18. The van der Waals surface area contributed by atoms with Crippen molar-refractivity contribution in [3.05, 3.63) is 77.8 Å². The molecule has 0 N–H and O–H groups in total. The first-order valence-corrected chi connectivity index (χ1v) is 9.54. The van der Waals surface area contributed by atoms with Crippen LogP contribution in [0.25, 0.3) is 16.8 Å². The summed E-state index contributed by atoms with van der Waals surface area (Å²) < 4.78 is 7.42. The van der Waals surface area contributed by atoms with Crippen molar-refractivity contribution in [2.45, 2.75) is 19.4 Å². The van der Waals surface area contributed by atoms with E-state index in [1.54, 1.807) is 10.8 Å². The monoisotopic (exact) mass is 369 g/mol. The lowest BCUT2D eigenvalue weighted by Crippen LogP contribution is -2.39. The predicted octanol–water partition coefficient (Wildman–Crippen LogP) is 2.61. The predicted molar refractivity (Wildman–Crippen MR) is 111 cm³/mol. The molecule has 0 saturated heterocycles. The Morgan fingerprint density at radius 3 is 2.93 bits per heavy atom. The van der Waals surface area contributed by atoms with E-state index in [0.717, 1.165) is 34.3 Å². The zero-order chi connectivity index (χ0) is 19.3. The lowest BCUT2D eigenvalue weighted by molar-refractivity contribution is 0.0671. The summed E-state index contributed by atoms with van der Waals surface area (Å²) in [6.07, 6.45) is 4.45. The average Bonchev–Trinajstić information content (AvgIpc) is 3.37. The SMILES string of the molecule is Bc1ccc2cc(C(=O)N3CCc4cccc(-c5ccco5)c4C3C)nn2c1. The number of fused-ring (bicyclic) bond motifs is 2. The molecule has 1 aliphatic heterocycles. The van der Waals surface area contributed by atoms with Crippen LogP contribution < -0.4 is 5.46 Å². The van der Waals surface area contributed by atoms with Gasteiger partial charge in [0.05, 0.1) is 17.8 Å². The van der Waals surface area contributed by atoms with Crippen LogP contribution in [0.4, 0.5) is 0 Å². The normalized spacial score (nSPS) is 16.3. The largest absolute Gasteiger partial charge is 0.464 e. The standard InChI is InChI=1S/C22H20BN3O2/c1-14-21-15(4-2-5-18(21)20-6-3-11-28-20)9-10-25(14)22(27)19-12-17-8-7-16(23)13-26(17)24-19/h2-8,11-14H,9-10,23H2,1H3. The zero-order valence-corrected chi connectivity index (χ0v) is 15.9. The summed E-state index contributed by atoms with van der Waals surface area (Å²) in [5.74, 6) is 0.801. The fourth-order valence-electron chi connectivity index (χ4n) is 4.18. The molecule has 1 aliphatic rings. The van der Waals surface area contributed by atoms with E-state index in [2.05, 4.69) is 30.2 Å². The number of rotatable bonds is 2. The molecular formula is C22H20BN3O2. The molecule has 4 aromatic rings. The summed E-state index contributed by atoms with van der Waals surface area (Å²) >= 11 is 0. The van der Waals surface area contributed by atoms with Gasteiger partial charge in [-0.2, -0.15) is 5.10 Å². The summed E-state index contributed by atoms with van der Waals surface area (Å²) in [4.78, 5) is 15.2. The van der Waals surface area contributed by atoms with Crippen molar-refractivity contribution in [2.24, 2.45) is 0 Å². The third kappa shape index (κ3) is 2.64. The number of hydrogen-bond donors (Lipinski definition) is 0. The molecule has 1 unspecified atom stereocenters. The third-order valence-electron chi connectivity index (χ3n) is 5.58. The van der Waals surface area contributed by atoms with Crippen LogP contribution in [-0.2, 0) is 6.42 Å². The highest BCUT2D eigenvalue weighted by molar-refractivity contribution is 6.32. The average molecular weight is 369 g/mol. The first-order valence-electron chi connectivity index (χ1n) is 9.54. The van der Waals surface area contributed by atoms with Gasteiger partial charge in [-0.1, -0.05) is 29.7 Å². The van der Waals surface area contributed by atoms with Gasteiger partial charge in [-0.15, -0.1) is 0 Å². The van der Waals surface area contributed by atoms with Crippen LogP contribution >= 0.6 is 0 Å². The highest BCUT2D eigenvalue weighted by atomic mass is 16.3. The first kappa shape index (κ1) is 16.9. The highest BCUT2D eigenvalue weighted by Gasteiger charge is 2.31. The Morgan fingerprint density at radius 2 is 2.11 bits per heavy atom. The molecule has 1 atom stereocenters. The van der Waals surface area contributed by atoms with Crippen molar-refractivity contribution in [3.63, 3.8) is 0 Å². The number of carbonyl (C=O) groups is 1. The summed E-state index contributed by atoms with van der Waals surface area (Å²) in [5, 5.41) is 4.52. The van der Waals surface area contributed by atoms with Gasteiger partial charge in [-0.25, -0.2) is 4.52 Å². The molecule has 6 heteroatoms. The Hall–Kier alpha value is -3.28. The third-order valence-corrected chi connectivity index (χ3v) is 5.58. The number of amides is 1. The van der Waals surface area contributed by atoms with Crippen LogP contribution in [0, 0.1) is 0 Å². The molecule has 28 heavy (non-hydrogen) atoms. The first-order chi connectivity index (χ1) is 13.6. The Labute approximate surface area is 164 Å². The minimum atomic E-state index is -0.0518.